The molecule has 1 heterocycles. The molecule has 1 rings (SSSR count). The van der Waals surface area contributed by atoms with E-state index in [1.807, 2.05) is 0 Å². The number of nitrogens with zero attached hydrogens (tertiary/aromatic N) is 1. The Kier molecular flexibility index (Phi) is 3.42. The van der Waals surface area contributed by atoms with Crippen molar-refractivity contribution in [2.24, 2.45) is 0 Å². The third-order valence-electron chi connectivity index (χ3n) is 2.04. The summed E-state index contributed by atoms with van der Waals surface area (Å²) in [5, 5.41) is 9.23. The quantitative estimate of drug-likeness (QED) is 0.696. The van der Waals surface area contributed by atoms with Gasteiger partial charge in [-0.05, 0) is 20.8 Å². The molecule has 1 aliphatic heterocycles. The first kappa shape index (κ1) is 13.2. The first-order valence-electron chi connectivity index (χ1n) is 5.13. The number of β-amino-alcohol motifs (C(OH)–C–C–N with tert-alkyl or cyclic N) is 1. The lowest BCUT2D eigenvalue weighted by Gasteiger charge is -2.36. The summed E-state index contributed by atoms with van der Waals surface area (Å²) in [7, 11) is 0. The van der Waals surface area contributed by atoms with Gasteiger partial charge in [0.05, 0.1) is 19.2 Å². The van der Waals surface area contributed by atoms with E-state index in [0.29, 0.717) is 0 Å². The summed E-state index contributed by atoms with van der Waals surface area (Å²) in [5.41, 5.74) is -0.727. The van der Waals surface area contributed by atoms with E-state index in [0.717, 1.165) is 4.90 Å². The highest BCUT2D eigenvalue weighted by Gasteiger charge is 2.42. The SMILES string of the molecule is CC(C)(C)OC(=O)N1C[C@@H](O)CC(F)(F)C1. The number of rotatable bonds is 0. The van der Waals surface area contributed by atoms with Gasteiger partial charge >= 0.3 is 6.09 Å². The highest BCUT2D eigenvalue weighted by molar-refractivity contribution is 5.68. The molecular weight excluding hydrogens is 220 g/mol. The summed E-state index contributed by atoms with van der Waals surface area (Å²) in [6.07, 6.45) is -2.62. The standard InChI is InChI=1S/C10H17F2NO3/c1-9(2,3)16-8(15)13-5-7(14)4-10(11,12)6-13/h7,14H,4-6H2,1-3H3/t7-/m0/s1. The van der Waals surface area contributed by atoms with Gasteiger partial charge in [-0.3, -0.25) is 4.90 Å². The average molecular weight is 237 g/mol. The van der Waals surface area contributed by atoms with E-state index in [1.54, 1.807) is 20.8 Å². The van der Waals surface area contributed by atoms with Gasteiger partial charge in [-0.2, -0.15) is 0 Å². The Morgan fingerprint density at radius 2 is 2.06 bits per heavy atom. The van der Waals surface area contributed by atoms with E-state index in [9.17, 15) is 18.7 Å². The number of amides is 1. The Hall–Kier alpha value is -0.910. The van der Waals surface area contributed by atoms with Gasteiger partial charge in [0.25, 0.3) is 5.92 Å². The fourth-order valence-corrected chi connectivity index (χ4v) is 1.54. The van der Waals surface area contributed by atoms with Crippen molar-refractivity contribution in [1.82, 2.24) is 4.90 Å². The van der Waals surface area contributed by atoms with E-state index in [1.165, 1.54) is 0 Å². The van der Waals surface area contributed by atoms with Crippen molar-refractivity contribution >= 4 is 6.09 Å². The summed E-state index contributed by atoms with van der Waals surface area (Å²) >= 11 is 0. The Balaban J connectivity index is 2.63. The van der Waals surface area contributed by atoms with E-state index < -0.39 is 36.7 Å². The number of likely N-dealkylation sites (tertiary alicyclic amines) is 1. The molecule has 1 atom stereocenters. The van der Waals surface area contributed by atoms with Crippen LogP contribution in [0.3, 0.4) is 0 Å². The van der Waals surface area contributed by atoms with Crippen molar-refractivity contribution in [3.63, 3.8) is 0 Å². The summed E-state index contributed by atoms with van der Waals surface area (Å²) < 4.78 is 31.1. The van der Waals surface area contributed by atoms with Crippen LogP contribution in [0.2, 0.25) is 0 Å². The number of hydrogen-bond donors (Lipinski definition) is 1. The number of aliphatic hydroxyl groups is 1. The third-order valence-corrected chi connectivity index (χ3v) is 2.04. The number of alkyl halides is 2. The van der Waals surface area contributed by atoms with Crippen molar-refractivity contribution < 1.29 is 23.4 Å². The number of ether oxygens (including phenoxy) is 1. The fourth-order valence-electron chi connectivity index (χ4n) is 1.54. The molecule has 0 spiro atoms. The Labute approximate surface area is 93.2 Å². The minimum absolute atomic E-state index is 0.107. The normalized spacial score (nSPS) is 25.4. The Morgan fingerprint density at radius 1 is 1.50 bits per heavy atom. The van der Waals surface area contributed by atoms with Crippen LogP contribution in [0.1, 0.15) is 27.2 Å². The number of piperidine rings is 1. The van der Waals surface area contributed by atoms with Crippen molar-refractivity contribution in [3.8, 4) is 0 Å². The monoisotopic (exact) mass is 237 g/mol. The van der Waals surface area contributed by atoms with Crippen LogP contribution in [-0.4, -0.2) is 46.8 Å². The van der Waals surface area contributed by atoms with Crippen molar-refractivity contribution in [1.29, 1.82) is 0 Å². The van der Waals surface area contributed by atoms with Crippen LogP contribution in [0.4, 0.5) is 13.6 Å². The highest BCUT2D eigenvalue weighted by Crippen LogP contribution is 2.27. The van der Waals surface area contributed by atoms with Crippen molar-refractivity contribution in [2.75, 3.05) is 13.1 Å². The smallest absolute Gasteiger partial charge is 0.410 e. The van der Waals surface area contributed by atoms with E-state index in [-0.39, 0.29) is 6.54 Å². The first-order valence-corrected chi connectivity index (χ1v) is 5.13. The van der Waals surface area contributed by atoms with Gasteiger partial charge in [0.15, 0.2) is 0 Å². The fraction of sp³-hybridized carbons (Fsp3) is 0.900. The van der Waals surface area contributed by atoms with Crippen molar-refractivity contribution in [2.45, 2.75) is 44.8 Å². The van der Waals surface area contributed by atoms with E-state index >= 15 is 0 Å². The number of hydrogen-bond acceptors (Lipinski definition) is 3. The summed E-state index contributed by atoms with van der Waals surface area (Å²) in [4.78, 5) is 12.4. The molecule has 0 aromatic rings. The molecule has 1 N–H and O–H groups in total. The van der Waals surface area contributed by atoms with Crippen LogP contribution in [0.5, 0.6) is 0 Å². The van der Waals surface area contributed by atoms with Crippen LogP contribution in [-0.2, 0) is 4.74 Å². The summed E-state index contributed by atoms with van der Waals surface area (Å²) in [5.74, 6) is -3.05. The second-order valence-corrected chi connectivity index (χ2v) is 5.07. The maximum atomic E-state index is 13.1. The van der Waals surface area contributed by atoms with Gasteiger partial charge in [0, 0.05) is 6.42 Å². The number of carbonyl (C=O) groups is 1. The molecule has 4 nitrogen and oxygen atoms in total. The lowest BCUT2D eigenvalue weighted by molar-refractivity contribution is -0.106. The predicted octanol–water partition coefficient (Wildman–Crippen LogP) is 1.62. The molecular formula is C10H17F2NO3. The van der Waals surface area contributed by atoms with Crippen LogP contribution in [0, 0.1) is 0 Å². The van der Waals surface area contributed by atoms with Crippen LogP contribution in [0.25, 0.3) is 0 Å². The van der Waals surface area contributed by atoms with E-state index in [2.05, 4.69) is 0 Å². The second kappa shape index (κ2) is 4.16. The molecule has 1 amide bonds. The molecule has 1 aliphatic rings. The number of carbonyl (C=O) groups excluding carboxylic acids is 1. The number of halogens is 2. The maximum Gasteiger partial charge on any atom is 0.410 e. The molecule has 0 saturated carbocycles. The second-order valence-electron chi connectivity index (χ2n) is 5.07. The van der Waals surface area contributed by atoms with E-state index in [4.69, 9.17) is 4.74 Å². The lowest BCUT2D eigenvalue weighted by Crippen LogP contribution is -2.52. The minimum Gasteiger partial charge on any atom is -0.444 e. The third kappa shape index (κ3) is 3.92. The van der Waals surface area contributed by atoms with Gasteiger partial charge in [-0.25, -0.2) is 13.6 Å². The molecule has 94 valence electrons. The topological polar surface area (TPSA) is 49.8 Å². The molecule has 0 radical (unpaired) electrons. The zero-order chi connectivity index (χ0) is 12.6. The van der Waals surface area contributed by atoms with Crippen LogP contribution < -0.4 is 0 Å². The van der Waals surface area contributed by atoms with Crippen molar-refractivity contribution in [3.05, 3.63) is 0 Å². The van der Waals surface area contributed by atoms with Gasteiger partial charge in [0.1, 0.15) is 5.60 Å². The van der Waals surface area contributed by atoms with Crippen LogP contribution in [0.15, 0.2) is 0 Å². The molecule has 0 unspecified atom stereocenters. The molecule has 0 aromatic heterocycles. The molecule has 0 aliphatic carbocycles. The zero-order valence-corrected chi connectivity index (χ0v) is 9.67. The van der Waals surface area contributed by atoms with Gasteiger partial charge < -0.3 is 9.84 Å². The Morgan fingerprint density at radius 3 is 2.50 bits per heavy atom. The maximum absolute atomic E-state index is 13.1. The van der Waals surface area contributed by atoms with Crippen LogP contribution >= 0.6 is 0 Å². The minimum atomic E-state index is -3.05. The summed E-state index contributed by atoms with van der Waals surface area (Å²) in [6, 6.07) is 0. The molecule has 1 fully saturated rings. The molecule has 1 saturated heterocycles. The van der Waals surface area contributed by atoms with Gasteiger partial charge in [-0.15, -0.1) is 0 Å². The molecule has 16 heavy (non-hydrogen) atoms. The molecule has 6 heteroatoms. The summed E-state index contributed by atoms with van der Waals surface area (Å²) in [6.45, 7) is 4.17. The molecule has 0 bridgehead atoms. The largest absolute Gasteiger partial charge is 0.444 e. The Bertz CT molecular complexity index is 276. The highest BCUT2D eigenvalue weighted by atomic mass is 19.3. The molecule has 0 aromatic carbocycles. The average Bonchev–Trinajstić information content (AvgIpc) is 1.96. The first-order chi connectivity index (χ1) is 7.09. The zero-order valence-electron chi connectivity index (χ0n) is 9.67. The van der Waals surface area contributed by atoms with Gasteiger partial charge in [-0.1, -0.05) is 0 Å². The predicted molar refractivity (Wildman–Crippen MR) is 53.4 cm³/mol. The number of aliphatic hydroxyl groups excluding tert-OH is 1. The van der Waals surface area contributed by atoms with Gasteiger partial charge in [0.2, 0.25) is 0 Å². The lowest BCUT2D eigenvalue weighted by atomic mass is 10.1.